The van der Waals surface area contributed by atoms with Crippen molar-refractivity contribution >= 4 is 97.2 Å². The molecular formula is C22H23Br2N2O6S4+. The molecule has 8 nitrogen and oxygen atoms in total. The van der Waals surface area contributed by atoms with Gasteiger partial charge in [0.25, 0.3) is 25.2 Å². The van der Waals surface area contributed by atoms with Gasteiger partial charge in [0.05, 0.1) is 28.3 Å². The predicted octanol–water partition coefficient (Wildman–Crippen LogP) is 5.57. The van der Waals surface area contributed by atoms with Crippen molar-refractivity contribution in [2.75, 3.05) is 23.0 Å². The van der Waals surface area contributed by atoms with Crippen LogP contribution in [0, 0.1) is 0 Å². The van der Waals surface area contributed by atoms with E-state index >= 15 is 0 Å². The molecule has 1 aliphatic heterocycles. The summed E-state index contributed by atoms with van der Waals surface area (Å²) in [6.45, 7) is 0.976. The summed E-state index contributed by atoms with van der Waals surface area (Å²) in [4.78, 5) is 3.21. The van der Waals surface area contributed by atoms with Crippen LogP contribution in [-0.4, -0.2) is 44.0 Å². The van der Waals surface area contributed by atoms with Crippen LogP contribution in [-0.2, 0) is 26.8 Å². The van der Waals surface area contributed by atoms with Gasteiger partial charge in [0, 0.05) is 32.9 Å². The third kappa shape index (κ3) is 7.31. The van der Waals surface area contributed by atoms with Gasteiger partial charge < -0.3 is 4.90 Å². The molecule has 3 aromatic rings. The second-order valence-electron chi connectivity index (χ2n) is 8.19. The van der Waals surface area contributed by atoms with E-state index in [1.807, 2.05) is 36.4 Å². The van der Waals surface area contributed by atoms with Crippen LogP contribution in [0.15, 0.2) is 55.3 Å². The van der Waals surface area contributed by atoms with Crippen molar-refractivity contribution in [1.82, 2.24) is 0 Å². The van der Waals surface area contributed by atoms with Crippen molar-refractivity contribution in [2.45, 2.75) is 30.7 Å². The Morgan fingerprint density at radius 2 is 1.58 bits per heavy atom. The number of thioether (sulfide) groups is 1. The maximum Gasteiger partial charge on any atom is 0.265 e. The van der Waals surface area contributed by atoms with Crippen LogP contribution in [0.1, 0.15) is 24.3 Å². The van der Waals surface area contributed by atoms with Gasteiger partial charge in [0.15, 0.2) is 6.54 Å². The lowest BCUT2D eigenvalue weighted by Crippen LogP contribution is -2.36. The number of hydrogen-bond acceptors (Lipinski definition) is 7. The monoisotopic (exact) mass is 697 g/mol. The molecular weight excluding hydrogens is 676 g/mol. The van der Waals surface area contributed by atoms with Crippen LogP contribution < -0.4 is 9.47 Å². The number of halogens is 2. The second-order valence-corrected chi connectivity index (χ2v) is 15.3. The number of rotatable bonds is 10. The minimum atomic E-state index is -4.06. The Labute approximate surface area is 235 Å². The average Bonchev–Trinajstić information content (AvgIpc) is 3.27. The molecule has 0 atom stereocenters. The van der Waals surface area contributed by atoms with Gasteiger partial charge in [-0.1, -0.05) is 55.0 Å². The van der Waals surface area contributed by atoms with E-state index in [2.05, 4.69) is 47.4 Å². The summed E-state index contributed by atoms with van der Waals surface area (Å²) in [5, 5.41) is 1.89. The largest absolute Gasteiger partial charge is 0.335 e. The highest BCUT2D eigenvalue weighted by Gasteiger charge is 2.28. The molecule has 0 fully saturated rings. The van der Waals surface area contributed by atoms with E-state index in [9.17, 15) is 21.4 Å². The molecule has 14 heteroatoms. The predicted molar refractivity (Wildman–Crippen MR) is 152 cm³/mol. The van der Waals surface area contributed by atoms with E-state index in [1.165, 1.54) is 0 Å². The van der Waals surface area contributed by atoms with E-state index in [0.717, 1.165) is 39.8 Å². The maximum atomic E-state index is 11.3. The molecule has 0 radical (unpaired) electrons. The third-order valence-electron chi connectivity index (χ3n) is 5.45. The van der Waals surface area contributed by atoms with Crippen LogP contribution in [0.3, 0.4) is 0 Å². The standard InChI is InChI=1S/C22H22Br2N2O6S4/c23-15-4-6-19-17(12-15)25(8-1-2-10-35(27,28)29)21(33-19)14-22-26(9-3-11-36(30,31)32)18-13-16(24)5-7-20(18)34-22/h4-7,12-14H,1-3,8-11H2,(H-,27,28,29,30,31,32)/p+1. The Bertz CT molecular complexity index is 1540. The van der Waals surface area contributed by atoms with Crippen molar-refractivity contribution in [3.8, 4) is 0 Å². The van der Waals surface area contributed by atoms with Crippen LogP contribution in [0.2, 0.25) is 0 Å². The van der Waals surface area contributed by atoms with Crippen LogP contribution in [0.25, 0.3) is 16.3 Å². The first-order chi connectivity index (χ1) is 16.9. The molecule has 1 aromatic heterocycles. The smallest absolute Gasteiger partial charge is 0.265 e. The molecule has 0 unspecified atom stereocenters. The first kappa shape index (κ1) is 28.0. The molecule has 4 rings (SSSR count). The molecule has 0 aliphatic carbocycles. The van der Waals surface area contributed by atoms with E-state index < -0.39 is 20.2 Å². The Kier molecular flexibility index (Phi) is 8.87. The van der Waals surface area contributed by atoms with E-state index in [1.54, 1.807) is 23.1 Å². The summed E-state index contributed by atoms with van der Waals surface area (Å²) in [6.07, 6.45) is 3.23. The van der Waals surface area contributed by atoms with Crippen molar-refractivity contribution in [3.05, 3.63) is 55.4 Å². The van der Waals surface area contributed by atoms with Crippen LogP contribution in [0.4, 0.5) is 5.69 Å². The van der Waals surface area contributed by atoms with Crippen molar-refractivity contribution < 1.29 is 30.5 Å². The number of anilines is 1. The van der Waals surface area contributed by atoms with Gasteiger partial charge in [0.1, 0.15) is 4.70 Å². The van der Waals surface area contributed by atoms with Gasteiger partial charge in [-0.2, -0.15) is 21.4 Å². The Morgan fingerprint density at radius 1 is 0.917 bits per heavy atom. The van der Waals surface area contributed by atoms with Crippen molar-refractivity contribution in [3.63, 3.8) is 0 Å². The van der Waals surface area contributed by atoms with Gasteiger partial charge in [0.2, 0.25) is 5.52 Å². The molecule has 0 amide bonds. The van der Waals surface area contributed by atoms with Gasteiger partial charge in [-0.25, -0.2) is 0 Å². The summed E-state index contributed by atoms with van der Waals surface area (Å²) in [7, 11) is -8.06. The van der Waals surface area contributed by atoms with Crippen LogP contribution in [0.5, 0.6) is 0 Å². The molecule has 2 aromatic carbocycles. The lowest BCUT2D eigenvalue weighted by Gasteiger charge is -2.20. The molecule has 0 spiro atoms. The molecule has 2 heterocycles. The Morgan fingerprint density at radius 3 is 2.31 bits per heavy atom. The van der Waals surface area contributed by atoms with Gasteiger partial charge in [-0.3, -0.25) is 9.11 Å². The Balaban J connectivity index is 1.69. The second kappa shape index (κ2) is 11.4. The summed E-state index contributed by atoms with van der Waals surface area (Å²) in [5.74, 6) is -0.604. The number of benzene rings is 2. The average molecular weight is 700 g/mol. The first-order valence-corrected chi connectivity index (χ1v) is 17.3. The van der Waals surface area contributed by atoms with E-state index in [0.29, 0.717) is 25.9 Å². The summed E-state index contributed by atoms with van der Waals surface area (Å²) >= 11 is 10.2. The van der Waals surface area contributed by atoms with Gasteiger partial charge in [-0.05, 0) is 43.2 Å². The normalized spacial score (nSPS) is 15.2. The molecule has 2 N–H and O–H groups in total. The fourth-order valence-electron chi connectivity index (χ4n) is 3.89. The zero-order chi connectivity index (χ0) is 26.1. The zero-order valence-electron chi connectivity index (χ0n) is 18.8. The lowest BCUT2D eigenvalue weighted by atomic mass is 10.2. The number of unbranched alkanes of at least 4 members (excludes halogenated alkanes) is 1. The molecule has 0 saturated heterocycles. The number of aryl methyl sites for hydroxylation is 1. The summed E-state index contributed by atoms with van der Waals surface area (Å²) < 4.78 is 68.0. The molecule has 1 aliphatic rings. The lowest BCUT2D eigenvalue weighted by molar-refractivity contribution is -0.668. The first-order valence-electron chi connectivity index (χ1n) is 10.9. The van der Waals surface area contributed by atoms with E-state index in [-0.39, 0.29) is 17.9 Å². The van der Waals surface area contributed by atoms with Gasteiger partial charge >= 0.3 is 0 Å². The highest BCUT2D eigenvalue weighted by Crippen LogP contribution is 2.48. The Hall–Kier alpha value is -1.00. The maximum absolute atomic E-state index is 11.3. The highest BCUT2D eigenvalue weighted by molar-refractivity contribution is 9.10. The number of aromatic nitrogens is 1. The minimum absolute atomic E-state index is 0.262. The summed E-state index contributed by atoms with van der Waals surface area (Å²) in [6, 6.07) is 12.0. The van der Waals surface area contributed by atoms with Crippen molar-refractivity contribution in [1.29, 1.82) is 0 Å². The number of fused-ring (bicyclic) bond motifs is 2. The topological polar surface area (TPSA) is 116 Å². The summed E-state index contributed by atoms with van der Waals surface area (Å²) in [5.41, 5.74) is 1.97. The number of nitrogens with zero attached hydrogens (tertiary/aromatic N) is 2. The SMILES string of the molecule is O=S(=O)(O)CCCCN1C(=Cc2sc3ccc(Br)cc3[n+]2CCCS(=O)(=O)O)Sc2ccc(Br)cc21. The quantitative estimate of drug-likeness (QED) is 0.161. The number of hydrogen-bond donors (Lipinski definition) is 2. The zero-order valence-corrected chi connectivity index (χ0v) is 25.2. The van der Waals surface area contributed by atoms with Gasteiger partial charge in [-0.15, -0.1) is 0 Å². The fourth-order valence-corrected chi connectivity index (χ4v) is 7.94. The van der Waals surface area contributed by atoms with Crippen molar-refractivity contribution in [2.24, 2.45) is 0 Å². The number of thiazole rings is 1. The molecule has 0 bridgehead atoms. The minimum Gasteiger partial charge on any atom is -0.335 e. The molecule has 36 heavy (non-hydrogen) atoms. The molecule has 0 saturated carbocycles. The third-order valence-corrected chi connectivity index (χ3v) is 10.3. The molecule has 194 valence electrons. The van der Waals surface area contributed by atoms with E-state index in [4.69, 9.17) is 4.55 Å². The fraction of sp³-hybridized carbons (Fsp3) is 0.318. The highest BCUT2D eigenvalue weighted by atomic mass is 79.9. The van der Waals surface area contributed by atoms with Crippen LogP contribution >= 0.6 is 55.0 Å².